The maximum Gasteiger partial charge on any atom is 0.191 e. The van der Waals surface area contributed by atoms with Gasteiger partial charge in [0.2, 0.25) is 0 Å². The van der Waals surface area contributed by atoms with Gasteiger partial charge in [-0.1, -0.05) is 26.0 Å². The molecule has 0 fully saturated rings. The lowest BCUT2D eigenvalue weighted by Gasteiger charge is -2.21. The van der Waals surface area contributed by atoms with Gasteiger partial charge in [0, 0.05) is 26.2 Å². The molecule has 1 aromatic carbocycles. The number of hydrogen-bond acceptors (Lipinski definition) is 3. The summed E-state index contributed by atoms with van der Waals surface area (Å²) in [6.07, 6.45) is 5.31. The van der Waals surface area contributed by atoms with Gasteiger partial charge in [-0.2, -0.15) is 0 Å². The number of para-hydroxylation sites is 2. The normalized spacial score (nSPS) is 13.3. The van der Waals surface area contributed by atoms with E-state index in [1.54, 1.807) is 0 Å². The number of hydrogen-bond donors (Lipinski definition) is 2. The Morgan fingerprint density at radius 1 is 1.22 bits per heavy atom. The first-order valence-corrected chi connectivity index (χ1v) is 10.3. The second-order valence-corrected chi connectivity index (χ2v) is 6.99. The van der Waals surface area contributed by atoms with Gasteiger partial charge >= 0.3 is 0 Å². The predicted octanol–water partition coefficient (Wildman–Crippen LogP) is 3.10. The van der Waals surface area contributed by atoms with E-state index < -0.39 is 0 Å². The summed E-state index contributed by atoms with van der Waals surface area (Å²) in [6.45, 7) is 12.0. The number of nitrogens with one attached hydrogen (secondary N) is 2. The minimum atomic E-state index is 0.421. The highest BCUT2D eigenvalue weighted by molar-refractivity contribution is 5.79. The van der Waals surface area contributed by atoms with E-state index in [2.05, 4.69) is 69.0 Å². The van der Waals surface area contributed by atoms with E-state index in [1.165, 1.54) is 18.5 Å². The van der Waals surface area contributed by atoms with Crippen LogP contribution in [-0.2, 0) is 6.54 Å². The number of fused-ring (bicyclic) bond motifs is 1. The fourth-order valence-electron chi connectivity index (χ4n) is 3.31. The second-order valence-electron chi connectivity index (χ2n) is 6.99. The molecule has 0 amide bonds. The van der Waals surface area contributed by atoms with E-state index >= 15 is 0 Å². The quantitative estimate of drug-likeness (QED) is 0.361. The molecule has 1 aromatic heterocycles. The van der Waals surface area contributed by atoms with Crippen molar-refractivity contribution in [3.8, 4) is 0 Å². The van der Waals surface area contributed by atoms with Crippen LogP contribution < -0.4 is 10.6 Å². The molecular formula is C21H36N6. The average molecular weight is 373 g/mol. The summed E-state index contributed by atoms with van der Waals surface area (Å²) in [5.74, 6) is 0.890. The molecule has 0 aliphatic heterocycles. The van der Waals surface area contributed by atoms with Crippen molar-refractivity contribution in [2.75, 3.05) is 33.2 Å². The Morgan fingerprint density at radius 3 is 2.74 bits per heavy atom. The van der Waals surface area contributed by atoms with Gasteiger partial charge in [0.25, 0.3) is 0 Å². The molecule has 0 spiro atoms. The van der Waals surface area contributed by atoms with Gasteiger partial charge in [-0.25, -0.2) is 4.98 Å². The summed E-state index contributed by atoms with van der Waals surface area (Å²) in [5.41, 5.74) is 2.25. The zero-order valence-electron chi connectivity index (χ0n) is 17.4. The molecule has 0 aliphatic carbocycles. The molecule has 150 valence electrons. The molecule has 2 rings (SSSR count). The summed E-state index contributed by atoms with van der Waals surface area (Å²) in [7, 11) is 1.83. The van der Waals surface area contributed by atoms with Gasteiger partial charge in [-0.3, -0.25) is 4.99 Å². The van der Waals surface area contributed by atoms with Gasteiger partial charge in [-0.15, -0.1) is 0 Å². The Balaban J connectivity index is 1.66. The highest BCUT2D eigenvalue weighted by Crippen LogP contribution is 2.11. The van der Waals surface area contributed by atoms with Crippen LogP contribution in [0.3, 0.4) is 0 Å². The standard InChI is InChI=1S/C21H36N6/c1-5-26(6-2)15-9-11-18(3)25-21(22-4)23-14-10-16-27-17-24-19-12-7-8-13-20(19)27/h7-8,12-13,17-18H,5-6,9-11,14-16H2,1-4H3,(H2,22,23,25). The van der Waals surface area contributed by atoms with Crippen molar-refractivity contribution in [3.63, 3.8) is 0 Å². The molecule has 6 heteroatoms. The molecule has 6 nitrogen and oxygen atoms in total. The molecule has 0 saturated carbocycles. The summed E-state index contributed by atoms with van der Waals surface area (Å²) in [5, 5.41) is 6.93. The number of benzene rings is 1. The topological polar surface area (TPSA) is 57.5 Å². The first-order valence-electron chi connectivity index (χ1n) is 10.3. The van der Waals surface area contributed by atoms with Crippen LogP contribution in [0.5, 0.6) is 0 Å². The monoisotopic (exact) mass is 372 g/mol. The summed E-state index contributed by atoms with van der Waals surface area (Å²) >= 11 is 0. The van der Waals surface area contributed by atoms with Crippen LogP contribution in [0.2, 0.25) is 0 Å². The van der Waals surface area contributed by atoms with Crippen molar-refractivity contribution < 1.29 is 0 Å². The Labute approximate surface area is 164 Å². The largest absolute Gasteiger partial charge is 0.356 e. The van der Waals surface area contributed by atoms with E-state index in [9.17, 15) is 0 Å². The number of nitrogens with zero attached hydrogens (tertiary/aromatic N) is 4. The van der Waals surface area contributed by atoms with E-state index in [4.69, 9.17) is 0 Å². The van der Waals surface area contributed by atoms with Gasteiger partial charge < -0.3 is 20.1 Å². The average Bonchev–Trinajstić information content (AvgIpc) is 3.10. The van der Waals surface area contributed by atoms with Crippen molar-refractivity contribution in [2.24, 2.45) is 4.99 Å². The number of aliphatic imine (C=N–C) groups is 1. The van der Waals surface area contributed by atoms with Crippen molar-refractivity contribution in [1.29, 1.82) is 0 Å². The maximum atomic E-state index is 4.44. The van der Waals surface area contributed by atoms with E-state index in [-0.39, 0.29) is 0 Å². The van der Waals surface area contributed by atoms with Crippen LogP contribution in [0, 0.1) is 0 Å². The minimum absolute atomic E-state index is 0.421. The fraction of sp³-hybridized carbons (Fsp3) is 0.619. The van der Waals surface area contributed by atoms with Crippen LogP contribution in [0.4, 0.5) is 0 Å². The highest BCUT2D eigenvalue weighted by Gasteiger charge is 2.07. The minimum Gasteiger partial charge on any atom is -0.356 e. The third-order valence-electron chi connectivity index (χ3n) is 5.01. The zero-order chi connectivity index (χ0) is 19.5. The lowest BCUT2D eigenvalue weighted by atomic mass is 10.2. The summed E-state index contributed by atoms with van der Waals surface area (Å²) < 4.78 is 2.21. The Kier molecular flexibility index (Phi) is 9.11. The van der Waals surface area contributed by atoms with Crippen molar-refractivity contribution in [2.45, 2.75) is 52.6 Å². The number of rotatable bonds is 11. The number of aromatic nitrogens is 2. The molecule has 1 unspecified atom stereocenters. The van der Waals surface area contributed by atoms with Crippen LogP contribution in [0.25, 0.3) is 11.0 Å². The van der Waals surface area contributed by atoms with Crippen LogP contribution >= 0.6 is 0 Å². The predicted molar refractivity (Wildman–Crippen MR) is 115 cm³/mol. The van der Waals surface area contributed by atoms with Gasteiger partial charge in [0.05, 0.1) is 17.4 Å². The molecule has 1 atom stereocenters. The Hall–Kier alpha value is -2.08. The smallest absolute Gasteiger partial charge is 0.191 e. The highest BCUT2D eigenvalue weighted by atomic mass is 15.2. The van der Waals surface area contributed by atoms with E-state index in [0.717, 1.165) is 50.5 Å². The molecule has 2 aromatic rings. The second kappa shape index (κ2) is 11.6. The molecule has 0 aliphatic rings. The van der Waals surface area contributed by atoms with Gasteiger partial charge in [-0.05, 0) is 58.0 Å². The van der Waals surface area contributed by atoms with Crippen LogP contribution in [-0.4, -0.2) is 59.7 Å². The lowest BCUT2D eigenvalue weighted by molar-refractivity contribution is 0.292. The molecule has 2 N–H and O–H groups in total. The van der Waals surface area contributed by atoms with Crippen LogP contribution in [0.1, 0.15) is 40.0 Å². The maximum absolute atomic E-state index is 4.44. The third kappa shape index (κ3) is 6.86. The molecule has 0 bridgehead atoms. The van der Waals surface area contributed by atoms with Crippen molar-refractivity contribution in [1.82, 2.24) is 25.1 Å². The van der Waals surface area contributed by atoms with Crippen LogP contribution in [0.15, 0.2) is 35.6 Å². The molecule has 1 heterocycles. The lowest BCUT2D eigenvalue weighted by Crippen LogP contribution is -2.42. The van der Waals surface area contributed by atoms with Gasteiger partial charge in [0.15, 0.2) is 5.96 Å². The molecule has 0 saturated heterocycles. The van der Waals surface area contributed by atoms with Crippen molar-refractivity contribution in [3.05, 3.63) is 30.6 Å². The number of guanidine groups is 1. The summed E-state index contributed by atoms with van der Waals surface area (Å²) in [6, 6.07) is 8.68. The molecule has 27 heavy (non-hydrogen) atoms. The van der Waals surface area contributed by atoms with E-state index in [1.807, 2.05) is 19.4 Å². The zero-order valence-corrected chi connectivity index (χ0v) is 17.4. The third-order valence-corrected chi connectivity index (χ3v) is 5.01. The first kappa shape index (κ1) is 21.2. The van der Waals surface area contributed by atoms with E-state index in [0.29, 0.717) is 6.04 Å². The number of imidazole rings is 1. The Morgan fingerprint density at radius 2 is 2.00 bits per heavy atom. The number of aryl methyl sites for hydroxylation is 1. The van der Waals surface area contributed by atoms with Gasteiger partial charge in [0.1, 0.15) is 0 Å². The van der Waals surface area contributed by atoms with Crippen molar-refractivity contribution >= 4 is 17.0 Å². The fourth-order valence-corrected chi connectivity index (χ4v) is 3.31. The SMILES string of the molecule is CCN(CC)CCCC(C)NC(=NC)NCCCn1cnc2ccccc21. The molecular weight excluding hydrogens is 336 g/mol. The Bertz CT molecular complexity index is 689. The summed E-state index contributed by atoms with van der Waals surface area (Å²) in [4.78, 5) is 11.3. The first-order chi connectivity index (χ1) is 13.2. The molecule has 0 radical (unpaired) electrons.